The zero-order valence-electron chi connectivity index (χ0n) is 20.7. The number of halogens is 1. The number of hydrogen-bond acceptors (Lipinski definition) is 7. The van der Waals surface area contributed by atoms with Crippen LogP contribution in [0.3, 0.4) is 0 Å². The maximum Gasteiger partial charge on any atom is 0.299 e. The molecule has 1 unspecified atom stereocenters. The molecular weight excluding hydrogens is 508 g/mol. The molecular formula is C28H25ClN4O5. The third kappa shape index (κ3) is 5.42. The van der Waals surface area contributed by atoms with E-state index in [2.05, 4.69) is 15.7 Å². The summed E-state index contributed by atoms with van der Waals surface area (Å²) in [6.45, 7) is 4.07. The van der Waals surface area contributed by atoms with Gasteiger partial charge in [0.2, 0.25) is 6.79 Å². The van der Waals surface area contributed by atoms with E-state index in [9.17, 15) is 9.59 Å². The number of aromatic nitrogens is 2. The van der Waals surface area contributed by atoms with Crippen LogP contribution in [0.1, 0.15) is 30.6 Å². The molecule has 0 fully saturated rings. The predicted octanol–water partition coefficient (Wildman–Crippen LogP) is 5.68. The highest BCUT2D eigenvalue weighted by Crippen LogP contribution is 2.37. The van der Waals surface area contributed by atoms with Gasteiger partial charge in [0.05, 0.1) is 11.9 Å². The zero-order valence-corrected chi connectivity index (χ0v) is 21.5. The summed E-state index contributed by atoms with van der Waals surface area (Å²) in [5.74, 6) is 1.56. The van der Waals surface area contributed by atoms with E-state index in [4.69, 9.17) is 25.8 Å². The second-order valence-corrected chi connectivity index (χ2v) is 9.12. The van der Waals surface area contributed by atoms with Crippen LogP contribution in [0.5, 0.6) is 23.0 Å². The molecule has 1 amide bonds. The van der Waals surface area contributed by atoms with Gasteiger partial charge in [-0.25, -0.2) is 0 Å². The van der Waals surface area contributed by atoms with Crippen LogP contribution < -0.4 is 30.4 Å². The Bertz CT molecular complexity index is 1550. The summed E-state index contributed by atoms with van der Waals surface area (Å²) in [6.07, 6.45) is 2.25. The van der Waals surface area contributed by atoms with Gasteiger partial charge in [-0.1, -0.05) is 30.7 Å². The van der Waals surface area contributed by atoms with Crippen molar-refractivity contribution in [3.8, 4) is 28.7 Å². The summed E-state index contributed by atoms with van der Waals surface area (Å²) in [5.41, 5.74) is 1.12. The van der Waals surface area contributed by atoms with Gasteiger partial charge in [0.15, 0.2) is 22.9 Å². The average Bonchev–Trinajstić information content (AvgIpc) is 3.39. The molecule has 10 heteroatoms. The summed E-state index contributed by atoms with van der Waals surface area (Å²) >= 11 is 6.15. The lowest BCUT2D eigenvalue weighted by Gasteiger charge is -2.16. The number of ether oxygens (including phenoxy) is 3. The molecule has 2 N–H and O–H groups in total. The van der Waals surface area contributed by atoms with Gasteiger partial charge in [0, 0.05) is 28.4 Å². The van der Waals surface area contributed by atoms with Crippen molar-refractivity contribution < 1.29 is 19.0 Å². The Labute approximate surface area is 223 Å². The maximum absolute atomic E-state index is 13.7. The van der Waals surface area contributed by atoms with Gasteiger partial charge in [-0.15, -0.1) is 0 Å². The normalized spacial score (nSPS) is 12.6. The molecule has 0 aliphatic carbocycles. The Kier molecular flexibility index (Phi) is 7.19. The Morgan fingerprint density at radius 2 is 1.92 bits per heavy atom. The van der Waals surface area contributed by atoms with Crippen molar-refractivity contribution in [2.24, 2.45) is 0 Å². The monoisotopic (exact) mass is 532 g/mol. The fourth-order valence-electron chi connectivity index (χ4n) is 3.78. The third-order valence-electron chi connectivity index (χ3n) is 5.95. The average molecular weight is 533 g/mol. The third-order valence-corrected chi connectivity index (χ3v) is 6.19. The molecule has 194 valence electrons. The number of amides is 1. The van der Waals surface area contributed by atoms with Gasteiger partial charge >= 0.3 is 0 Å². The fourth-order valence-corrected chi connectivity index (χ4v) is 3.97. The lowest BCUT2D eigenvalue weighted by atomic mass is 10.1. The van der Waals surface area contributed by atoms with Crippen molar-refractivity contribution in [2.45, 2.75) is 26.3 Å². The Morgan fingerprint density at radius 1 is 1.11 bits per heavy atom. The molecule has 1 aliphatic rings. The van der Waals surface area contributed by atoms with Gasteiger partial charge < -0.3 is 24.8 Å². The molecule has 0 bridgehead atoms. The number of nitrogens with one attached hydrogen (secondary N) is 2. The lowest BCUT2D eigenvalue weighted by molar-refractivity contribution is 0.0939. The van der Waals surface area contributed by atoms with Crippen LogP contribution >= 0.6 is 11.6 Å². The highest BCUT2D eigenvalue weighted by atomic mass is 35.5. The molecule has 0 spiro atoms. The van der Waals surface area contributed by atoms with Gasteiger partial charge in [-0.3, -0.25) is 9.59 Å². The second-order valence-electron chi connectivity index (χ2n) is 8.69. The van der Waals surface area contributed by atoms with Gasteiger partial charge in [0.1, 0.15) is 5.75 Å². The van der Waals surface area contributed by atoms with Crippen LogP contribution in [0.4, 0.5) is 11.4 Å². The Balaban J connectivity index is 1.53. The molecule has 4 aromatic rings. The zero-order chi connectivity index (χ0) is 26.6. The van der Waals surface area contributed by atoms with E-state index in [0.29, 0.717) is 39.2 Å². The SMILES string of the molecule is CCC(C)NC(=O)c1cccc(Nc2c(Oc3ccc4c(c3)OCO4)cnn(-c3cccc(Cl)c3)c2=O)c1. The molecule has 0 saturated heterocycles. The molecule has 9 nitrogen and oxygen atoms in total. The first-order valence-electron chi connectivity index (χ1n) is 12.0. The number of carbonyl (C=O) groups excluding carboxylic acids is 1. The number of fused-ring (bicyclic) bond motifs is 1. The summed E-state index contributed by atoms with van der Waals surface area (Å²) in [6, 6.07) is 18.8. The summed E-state index contributed by atoms with van der Waals surface area (Å²) in [5, 5.41) is 10.9. The largest absolute Gasteiger partial charge is 0.454 e. The van der Waals surface area contributed by atoms with E-state index in [0.717, 1.165) is 6.42 Å². The van der Waals surface area contributed by atoms with Crippen molar-refractivity contribution >= 4 is 28.9 Å². The highest BCUT2D eigenvalue weighted by molar-refractivity contribution is 6.30. The quantitative estimate of drug-likeness (QED) is 0.301. The van der Waals surface area contributed by atoms with Gasteiger partial charge in [0.25, 0.3) is 11.5 Å². The van der Waals surface area contributed by atoms with Crippen LogP contribution in [0, 0.1) is 0 Å². The molecule has 0 radical (unpaired) electrons. The van der Waals surface area contributed by atoms with E-state index < -0.39 is 5.56 Å². The minimum Gasteiger partial charge on any atom is -0.454 e. The molecule has 5 rings (SSSR count). The molecule has 1 atom stereocenters. The van der Waals surface area contributed by atoms with Crippen molar-refractivity contribution in [1.29, 1.82) is 0 Å². The maximum atomic E-state index is 13.7. The van der Waals surface area contributed by atoms with Crippen molar-refractivity contribution in [2.75, 3.05) is 12.1 Å². The van der Waals surface area contributed by atoms with Gasteiger partial charge in [-0.2, -0.15) is 9.78 Å². The Morgan fingerprint density at radius 3 is 2.74 bits per heavy atom. The van der Waals surface area contributed by atoms with Crippen LogP contribution in [-0.4, -0.2) is 28.5 Å². The first-order chi connectivity index (χ1) is 18.4. The van der Waals surface area contributed by atoms with E-state index in [1.165, 1.54) is 10.9 Å². The Hall–Kier alpha value is -4.50. The molecule has 0 saturated carbocycles. The lowest BCUT2D eigenvalue weighted by Crippen LogP contribution is -2.31. The number of hydrogen-bond donors (Lipinski definition) is 2. The number of rotatable bonds is 8. The van der Waals surface area contributed by atoms with E-state index >= 15 is 0 Å². The number of benzene rings is 3. The van der Waals surface area contributed by atoms with E-state index in [1.54, 1.807) is 66.7 Å². The van der Waals surface area contributed by atoms with Crippen LogP contribution in [0.2, 0.25) is 5.02 Å². The fraction of sp³-hybridized carbons (Fsp3) is 0.179. The molecule has 3 aromatic carbocycles. The summed E-state index contributed by atoms with van der Waals surface area (Å²) < 4.78 is 18.1. The van der Waals surface area contributed by atoms with Gasteiger partial charge in [-0.05, 0) is 61.9 Å². The van der Waals surface area contributed by atoms with Crippen LogP contribution in [0.25, 0.3) is 5.69 Å². The predicted molar refractivity (Wildman–Crippen MR) is 144 cm³/mol. The molecule has 2 heterocycles. The van der Waals surface area contributed by atoms with Crippen molar-refractivity contribution in [3.05, 3.63) is 93.9 Å². The first-order valence-corrected chi connectivity index (χ1v) is 12.4. The van der Waals surface area contributed by atoms with E-state index in [-0.39, 0.29) is 30.2 Å². The summed E-state index contributed by atoms with van der Waals surface area (Å²) in [4.78, 5) is 26.4. The molecule has 1 aliphatic heterocycles. The standard InChI is InChI=1S/C28H25ClN4O5/c1-3-17(2)31-27(34)18-6-4-8-20(12-18)32-26-25(38-22-10-11-23-24(14-22)37-16-36-23)15-30-33(28(26)35)21-9-5-7-19(29)13-21/h4-15,17,32H,3,16H2,1-2H3,(H,31,34). The number of anilines is 2. The minimum atomic E-state index is -0.472. The molecule has 38 heavy (non-hydrogen) atoms. The number of nitrogens with zero attached hydrogens (tertiary/aromatic N) is 2. The highest BCUT2D eigenvalue weighted by Gasteiger charge is 2.19. The van der Waals surface area contributed by atoms with E-state index in [1.807, 2.05) is 13.8 Å². The van der Waals surface area contributed by atoms with Crippen LogP contribution in [0.15, 0.2) is 77.7 Å². The smallest absolute Gasteiger partial charge is 0.299 e. The van der Waals surface area contributed by atoms with Crippen molar-refractivity contribution in [3.63, 3.8) is 0 Å². The molecule has 1 aromatic heterocycles. The second kappa shape index (κ2) is 10.9. The number of carbonyl (C=O) groups is 1. The topological polar surface area (TPSA) is 104 Å². The first kappa shape index (κ1) is 25.2. The van der Waals surface area contributed by atoms with Crippen LogP contribution in [-0.2, 0) is 0 Å². The van der Waals surface area contributed by atoms with Crippen molar-refractivity contribution in [1.82, 2.24) is 15.1 Å². The summed E-state index contributed by atoms with van der Waals surface area (Å²) in [7, 11) is 0. The minimum absolute atomic E-state index is 0.0333.